The predicted octanol–water partition coefficient (Wildman–Crippen LogP) is 5.28. The van der Waals surface area contributed by atoms with Crippen LogP contribution in [0.5, 0.6) is 5.75 Å². The van der Waals surface area contributed by atoms with Gasteiger partial charge >= 0.3 is 5.97 Å². The number of ether oxygens (including phenoxy) is 1. The Bertz CT molecular complexity index is 775. The average molecular weight is 400 g/mol. The predicted molar refractivity (Wildman–Crippen MR) is 102 cm³/mol. The lowest BCUT2D eigenvalue weighted by atomic mass is 10.1. The summed E-state index contributed by atoms with van der Waals surface area (Å²) < 4.78 is 19.1. The van der Waals surface area contributed by atoms with Crippen molar-refractivity contribution in [2.75, 3.05) is 11.9 Å². The second-order valence-corrected chi connectivity index (χ2v) is 6.74. The van der Waals surface area contributed by atoms with Crippen molar-refractivity contribution in [3.8, 4) is 5.75 Å². The number of halogens is 3. The van der Waals surface area contributed by atoms with Gasteiger partial charge in [0.2, 0.25) is 6.17 Å². The summed E-state index contributed by atoms with van der Waals surface area (Å²) in [7, 11) is 0. The third-order valence-electron chi connectivity index (χ3n) is 3.64. The Labute approximate surface area is 161 Å². The summed E-state index contributed by atoms with van der Waals surface area (Å²) in [5.41, 5.74) is 3.44. The Hall–Kier alpha value is -1.98. The van der Waals surface area contributed by atoms with E-state index in [2.05, 4.69) is 5.32 Å². The molecule has 2 N–H and O–H groups in total. The van der Waals surface area contributed by atoms with Crippen molar-refractivity contribution in [1.82, 2.24) is 0 Å². The van der Waals surface area contributed by atoms with Crippen LogP contribution < -0.4 is 10.1 Å². The fourth-order valence-electron chi connectivity index (χ4n) is 2.57. The second-order valence-electron chi connectivity index (χ2n) is 5.92. The van der Waals surface area contributed by atoms with Crippen LogP contribution in [-0.2, 0) is 17.8 Å². The van der Waals surface area contributed by atoms with E-state index in [9.17, 15) is 9.18 Å². The molecule has 0 aromatic heterocycles. The summed E-state index contributed by atoms with van der Waals surface area (Å²) in [6.07, 6.45) is -2.32. The Kier molecular flexibility index (Phi) is 7.12. The average Bonchev–Trinajstić information content (AvgIpc) is 2.53. The van der Waals surface area contributed by atoms with Crippen LogP contribution in [0, 0.1) is 6.92 Å². The summed E-state index contributed by atoms with van der Waals surface area (Å²) in [6, 6.07) is 8.96. The van der Waals surface area contributed by atoms with Crippen LogP contribution in [0.2, 0.25) is 10.0 Å². The summed E-state index contributed by atoms with van der Waals surface area (Å²) in [5.74, 6) is -1.23. The zero-order valence-corrected chi connectivity index (χ0v) is 16.0. The highest BCUT2D eigenvalue weighted by Crippen LogP contribution is 2.35. The fourth-order valence-corrected chi connectivity index (χ4v) is 3.21. The molecule has 0 heterocycles. The number of carboxylic acids is 1. The first-order valence-electron chi connectivity index (χ1n) is 8.12. The SMILES string of the molecule is CCNc1cc(C)cc(COc2c(Cl)cc(CC(F)C(=O)O)cc2Cl)c1. The Morgan fingerprint density at radius 1 is 1.19 bits per heavy atom. The van der Waals surface area contributed by atoms with Crippen LogP contribution >= 0.6 is 23.2 Å². The van der Waals surface area contributed by atoms with Gasteiger partial charge in [-0.3, -0.25) is 0 Å². The largest absolute Gasteiger partial charge is 0.486 e. The van der Waals surface area contributed by atoms with E-state index >= 15 is 0 Å². The van der Waals surface area contributed by atoms with E-state index in [1.54, 1.807) is 0 Å². The molecule has 2 aromatic rings. The Morgan fingerprint density at radius 3 is 2.42 bits per heavy atom. The Balaban J connectivity index is 2.14. The second kappa shape index (κ2) is 9.10. The topological polar surface area (TPSA) is 58.6 Å². The maximum atomic E-state index is 13.4. The van der Waals surface area contributed by atoms with Crippen molar-refractivity contribution >= 4 is 34.9 Å². The van der Waals surface area contributed by atoms with E-state index in [0.717, 1.165) is 23.4 Å². The van der Waals surface area contributed by atoms with Crippen molar-refractivity contribution < 1.29 is 19.0 Å². The van der Waals surface area contributed by atoms with Gasteiger partial charge in [-0.25, -0.2) is 9.18 Å². The minimum atomic E-state index is -2.01. The number of benzene rings is 2. The number of carbonyl (C=O) groups is 1. The van der Waals surface area contributed by atoms with E-state index in [0.29, 0.717) is 5.56 Å². The van der Waals surface area contributed by atoms with Gasteiger partial charge in [-0.1, -0.05) is 29.3 Å². The van der Waals surface area contributed by atoms with Crippen molar-refractivity contribution in [2.45, 2.75) is 33.0 Å². The van der Waals surface area contributed by atoms with Gasteiger partial charge in [-0.05, 0) is 54.8 Å². The number of aryl methyl sites for hydroxylation is 1. The van der Waals surface area contributed by atoms with Crippen molar-refractivity contribution in [3.05, 3.63) is 57.1 Å². The van der Waals surface area contributed by atoms with Gasteiger partial charge in [0.25, 0.3) is 0 Å². The summed E-state index contributed by atoms with van der Waals surface area (Å²) in [6.45, 7) is 5.09. The molecule has 1 unspecified atom stereocenters. The van der Waals surface area contributed by atoms with Crippen molar-refractivity contribution in [1.29, 1.82) is 0 Å². The molecule has 0 aliphatic rings. The van der Waals surface area contributed by atoms with Crippen LogP contribution in [-0.4, -0.2) is 23.8 Å². The molecule has 0 fully saturated rings. The maximum Gasteiger partial charge on any atom is 0.338 e. The number of anilines is 1. The minimum absolute atomic E-state index is 0.213. The Morgan fingerprint density at radius 2 is 1.85 bits per heavy atom. The van der Waals surface area contributed by atoms with E-state index < -0.39 is 12.1 Å². The lowest BCUT2D eigenvalue weighted by Gasteiger charge is -2.14. The molecule has 7 heteroatoms. The van der Waals surface area contributed by atoms with Gasteiger partial charge < -0.3 is 15.2 Å². The normalized spacial score (nSPS) is 11.9. The lowest BCUT2D eigenvalue weighted by molar-refractivity contribution is -0.142. The van der Waals surface area contributed by atoms with Crippen LogP contribution in [0.4, 0.5) is 10.1 Å². The fraction of sp³-hybridized carbons (Fsp3) is 0.316. The third kappa shape index (κ3) is 5.51. The van der Waals surface area contributed by atoms with Crippen molar-refractivity contribution in [3.63, 3.8) is 0 Å². The van der Waals surface area contributed by atoms with E-state index in [1.807, 2.05) is 32.0 Å². The minimum Gasteiger partial charge on any atom is -0.486 e. The quantitative estimate of drug-likeness (QED) is 0.633. The van der Waals surface area contributed by atoms with Crippen molar-refractivity contribution in [2.24, 2.45) is 0 Å². The number of nitrogens with one attached hydrogen (secondary N) is 1. The monoisotopic (exact) mass is 399 g/mol. The molecule has 0 spiro atoms. The molecular weight excluding hydrogens is 380 g/mol. The van der Waals surface area contributed by atoms with Gasteiger partial charge in [0.15, 0.2) is 5.75 Å². The lowest BCUT2D eigenvalue weighted by Crippen LogP contribution is -2.17. The summed E-state index contributed by atoms with van der Waals surface area (Å²) in [5, 5.41) is 12.3. The highest BCUT2D eigenvalue weighted by atomic mass is 35.5. The first-order valence-corrected chi connectivity index (χ1v) is 8.87. The van der Waals surface area contributed by atoms with Gasteiger partial charge in [-0.2, -0.15) is 0 Å². The number of carboxylic acid groups (broad SMARTS) is 1. The number of rotatable bonds is 8. The van der Waals surface area contributed by atoms with Crippen LogP contribution in [0.15, 0.2) is 30.3 Å². The molecule has 0 bridgehead atoms. The molecule has 4 nitrogen and oxygen atoms in total. The van der Waals surface area contributed by atoms with E-state index in [4.69, 9.17) is 33.0 Å². The molecule has 0 aliphatic heterocycles. The highest BCUT2D eigenvalue weighted by Gasteiger charge is 2.18. The van der Waals surface area contributed by atoms with Gasteiger partial charge in [0, 0.05) is 18.7 Å². The third-order valence-corrected chi connectivity index (χ3v) is 4.20. The number of hydrogen-bond donors (Lipinski definition) is 2. The maximum absolute atomic E-state index is 13.4. The number of hydrogen-bond acceptors (Lipinski definition) is 3. The van der Waals surface area contributed by atoms with Gasteiger partial charge in [-0.15, -0.1) is 0 Å². The molecule has 26 heavy (non-hydrogen) atoms. The molecule has 2 rings (SSSR count). The smallest absolute Gasteiger partial charge is 0.338 e. The van der Waals surface area contributed by atoms with Crippen LogP contribution in [0.25, 0.3) is 0 Å². The standard InChI is InChI=1S/C19H20Cl2FNO3/c1-3-23-14-5-11(2)4-13(6-14)10-26-18-15(20)7-12(8-16(18)21)9-17(22)19(24)25/h4-8,17,23H,3,9-10H2,1-2H3,(H,24,25). The summed E-state index contributed by atoms with van der Waals surface area (Å²) >= 11 is 12.4. The summed E-state index contributed by atoms with van der Waals surface area (Å²) in [4.78, 5) is 10.6. The molecule has 0 radical (unpaired) electrons. The first-order chi connectivity index (χ1) is 12.3. The zero-order chi connectivity index (χ0) is 19.3. The van der Waals surface area contributed by atoms with Crippen LogP contribution in [0.1, 0.15) is 23.6 Å². The molecule has 0 saturated carbocycles. The van der Waals surface area contributed by atoms with Gasteiger partial charge in [0.05, 0.1) is 10.0 Å². The molecule has 2 aromatic carbocycles. The molecule has 1 atom stereocenters. The van der Waals surface area contributed by atoms with Gasteiger partial charge in [0.1, 0.15) is 6.61 Å². The molecule has 0 aliphatic carbocycles. The molecule has 0 saturated heterocycles. The first kappa shape index (κ1) is 20.3. The zero-order valence-electron chi connectivity index (χ0n) is 14.5. The molecular formula is C19H20Cl2FNO3. The number of aliphatic carboxylic acids is 1. The number of alkyl halides is 1. The van der Waals surface area contributed by atoms with Crippen LogP contribution in [0.3, 0.4) is 0 Å². The van der Waals surface area contributed by atoms with E-state index in [-0.39, 0.29) is 28.8 Å². The molecule has 0 amide bonds. The molecule has 140 valence electrons. The van der Waals surface area contributed by atoms with E-state index in [1.165, 1.54) is 12.1 Å². The highest BCUT2D eigenvalue weighted by molar-refractivity contribution is 6.37.